The molecule has 0 saturated carbocycles. The number of nitrogens with one attached hydrogen (secondary N) is 1. The van der Waals surface area contributed by atoms with E-state index in [1.54, 1.807) is 6.07 Å². The molecule has 0 bridgehead atoms. The van der Waals surface area contributed by atoms with Crippen LogP contribution in [0.15, 0.2) is 18.2 Å². The van der Waals surface area contributed by atoms with Gasteiger partial charge in [-0.1, -0.05) is 6.07 Å². The summed E-state index contributed by atoms with van der Waals surface area (Å²) in [7, 11) is 1.40. The van der Waals surface area contributed by atoms with Gasteiger partial charge in [0.05, 0.1) is 13.7 Å². The summed E-state index contributed by atoms with van der Waals surface area (Å²) in [4.78, 5) is 0. The van der Waals surface area contributed by atoms with Crippen molar-refractivity contribution in [3.05, 3.63) is 29.0 Å². The highest BCUT2D eigenvalue weighted by Crippen LogP contribution is 2.21. The Balaban J connectivity index is 3.10. The minimum Gasteiger partial charge on any atom is -0.595 e. The highest BCUT2D eigenvalue weighted by molar-refractivity contribution is 5.47. The molecule has 1 aromatic rings. The monoisotopic (exact) mass is 185 g/mol. The van der Waals surface area contributed by atoms with Crippen molar-refractivity contribution in [3.8, 4) is 5.75 Å². The highest BCUT2D eigenvalue weighted by Gasteiger charge is 2.09. The Labute approximate surface area is 75.3 Å². The van der Waals surface area contributed by atoms with Crippen LogP contribution < -0.4 is 9.96 Å². The van der Waals surface area contributed by atoms with E-state index in [1.165, 1.54) is 19.2 Å². The molecule has 3 N–H and O–H groups in total. The number of methoxy groups -OCH3 is 1. The van der Waals surface area contributed by atoms with Crippen LogP contribution in [0, 0.1) is 5.21 Å². The summed E-state index contributed by atoms with van der Waals surface area (Å²) in [5, 5.41) is 27.2. The van der Waals surface area contributed by atoms with Gasteiger partial charge in [-0.3, -0.25) is 0 Å². The Bertz CT molecular complexity index is 287. The summed E-state index contributed by atoms with van der Waals surface area (Å²) >= 11 is 0. The first-order chi connectivity index (χ1) is 6.19. The average molecular weight is 185 g/mol. The van der Waals surface area contributed by atoms with E-state index in [2.05, 4.69) is 0 Å². The van der Waals surface area contributed by atoms with Gasteiger partial charge >= 0.3 is 0 Å². The van der Waals surface area contributed by atoms with Crippen molar-refractivity contribution in [1.29, 1.82) is 0 Å². The average Bonchev–Trinajstić information content (AvgIpc) is 2.16. The van der Waals surface area contributed by atoms with E-state index >= 15 is 0 Å². The van der Waals surface area contributed by atoms with Gasteiger partial charge in [-0.05, 0) is 11.6 Å². The molecule has 0 radical (unpaired) electrons. The highest BCUT2D eigenvalue weighted by atomic mass is 16.8. The molecule has 0 heterocycles. The molecule has 0 amide bonds. The third-order valence-corrected chi connectivity index (χ3v) is 1.68. The molecule has 5 heteroatoms. The summed E-state index contributed by atoms with van der Waals surface area (Å²) in [5.74, 6) is 0.296. The van der Waals surface area contributed by atoms with Crippen molar-refractivity contribution < 1.29 is 20.3 Å². The van der Waals surface area contributed by atoms with Crippen LogP contribution in [0.25, 0.3) is 0 Å². The van der Waals surface area contributed by atoms with Gasteiger partial charge in [0.1, 0.15) is 0 Å². The van der Waals surface area contributed by atoms with Crippen LogP contribution in [0.1, 0.15) is 5.56 Å². The zero-order valence-corrected chi connectivity index (χ0v) is 7.15. The zero-order chi connectivity index (χ0) is 9.84. The van der Waals surface area contributed by atoms with E-state index in [9.17, 15) is 5.21 Å². The summed E-state index contributed by atoms with van der Waals surface area (Å²) in [6.45, 7) is -0.176. The molecule has 0 aliphatic heterocycles. The quantitative estimate of drug-likeness (QED) is 0.559. The first-order valence-electron chi connectivity index (χ1n) is 3.70. The van der Waals surface area contributed by atoms with Crippen molar-refractivity contribution in [3.63, 3.8) is 0 Å². The van der Waals surface area contributed by atoms with Gasteiger partial charge < -0.3 is 15.1 Å². The topological polar surface area (TPSA) is 77.2 Å². The molecule has 72 valence electrons. The number of aliphatic hydroxyl groups excluding tert-OH is 1. The van der Waals surface area contributed by atoms with Crippen molar-refractivity contribution >= 4 is 5.69 Å². The van der Waals surface area contributed by atoms with Crippen LogP contribution in [0.4, 0.5) is 5.69 Å². The minimum atomic E-state index is -1.06. The Kier molecular flexibility index (Phi) is 3.21. The standard InChI is InChI=1S/C8H11NO4/c1-13-8-3-2-6(5-10)4-7(8)9(11)12/h2-4,9-11H,5H2,1H3. The van der Waals surface area contributed by atoms with Gasteiger partial charge in [-0.2, -0.15) is 5.23 Å². The maximum atomic E-state index is 10.7. The maximum Gasteiger partial charge on any atom is 0.206 e. The molecule has 0 fully saturated rings. The lowest BCUT2D eigenvalue weighted by molar-refractivity contribution is -0.991. The number of ether oxygens (including phenoxy) is 1. The number of hydrogen-bond acceptors (Lipinski definition) is 4. The smallest absolute Gasteiger partial charge is 0.206 e. The molecule has 13 heavy (non-hydrogen) atoms. The molecule has 1 rings (SSSR count). The SMILES string of the molecule is COc1ccc(CO)cc1[NH+]([O-])O. The fourth-order valence-electron chi connectivity index (χ4n) is 1.02. The normalized spacial score (nSPS) is 12.6. The molecule has 0 aliphatic carbocycles. The predicted octanol–water partition coefficient (Wildman–Crippen LogP) is -0.409. The number of hydrogen-bond donors (Lipinski definition) is 3. The minimum absolute atomic E-state index is 0.0639. The lowest BCUT2D eigenvalue weighted by Gasteiger charge is -2.15. The molecule has 0 spiro atoms. The van der Waals surface area contributed by atoms with Gasteiger partial charge in [-0.15, -0.1) is 0 Å². The number of rotatable bonds is 3. The lowest BCUT2D eigenvalue weighted by atomic mass is 10.2. The van der Waals surface area contributed by atoms with Gasteiger partial charge in [0, 0.05) is 6.07 Å². The predicted molar refractivity (Wildman–Crippen MR) is 44.7 cm³/mol. The lowest BCUT2D eigenvalue weighted by Crippen LogP contribution is -2.99. The van der Waals surface area contributed by atoms with Crippen molar-refractivity contribution in [2.75, 3.05) is 7.11 Å². The molecule has 0 aliphatic rings. The molecule has 1 atom stereocenters. The third kappa shape index (κ3) is 2.16. The Morgan fingerprint density at radius 2 is 2.23 bits per heavy atom. The van der Waals surface area contributed by atoms with Gasteiger partial charge in [0.25, 0.3) is 0 Å². The van der Waals surface area contributed by atoms with Crippen molar-refractivity contribution in [2.24, 2.45) is 0 Å². The summed E-state index contributed by atoms with van der Waals surface area (Å²) in [6, 6.07) is 4.53. The van der Waals surface area contributed by atoms with Gasteiger partial charge in [-0.25, -0.2) is 5.21 Å². The second-order valence-electron chi connectivity index (χ2n) is 2.50. The molecule has 1 aromatic carbocycles. The number of quaternary nitrogens is 1. The van der Waals surface area contributed by atoms with Crippen LogP contribution in [-0.4, -0.2) is 17.4 Å². The van der Waals surface area contributed by atoms with E-state index in [1.807, 2.05) is 0 Å². The van der Waals surface area contributed by atoms with Gasteiger partial charge in [0.15, 0.2) is 5.75 Å². The molecular weight excluding hydrogens is 174 g/mol. The van der Waals surface area contributed by atoms with Gasteiger partial charge in [0.2, 0.25) is 5.69 Å². The Morgan fingerprint density at radius 1 is 1.54 bits per heavy atom. The van der Waals surface area contributed by atoms with Crippen molar-refractivity contribution in [1.82, 2.24) is 0 Å². The van der Waals surface area contributed by atoms with Crippen molar-refractivity contribution in [2.45, 2.75) is 6.61 Å². The Hall–Kier alpha value is -1.14. The van der Waals surface area contributed by atoms with E-state index < -0.39 is 5.23 Å². The van der Waals surface area contributed by atoms with Crippen LogP contribution in [-0.2, 0) is 6.61 Å². The first kappa shape index (κ1) is 9.94. The van der Waals surface area contributed by atoms with Crippen LogP contribution in [0.5, 0.6) is 5.75 Å². The van der Waals surface area contributed by atoms with E-state index in [0.29, 0.717) is 11.3 Å². The number of benzene rings is 1. The molecular formula is C8H11NO4. The molecule has 0 aromatic heterocycles. The third-order valence-electron chi connectivity index (χ3n) is 1.68. The fraction of sp³-hybridized carbons (Fsp3) is 0.250. The van der Waals surface area contributed by atoms with Crippen LogP contribution >= 0.6 is 0 Å². The maximum absolute atomic E-state index is 10.7. The second-order valence-corrected chi connectivity index (χ2v) is 2.50. The summed E-state index contributed by atoms with van der Waals surface area (Å²) < 4.78 is 4.84. The van der Waals surface area contributed by atoms with E-state index in [-0.39, 0.29) is 12.3 Å². The molecule has 0 saturated heterocycles. The molecule has 1 unspecified atom stereocenters. The number of aliphatic hydroxyl groups is 1. The second kappa shape index (κ2) is 4.20. The summed E-state index contributed by atoms with van der Waals surface area (Å²) in [5.41, 5.74) is 0.618. The zero-order valence-electron chi connectivity index (χ0n) is 7.15. The largest absolute Gasteiger partial charge is 0.595 e. The fourth-order valence-corrected chi connectivity index (χ4v) is 1.02. The molecule has 5 nitrogen and oxygen atoms in total. The van der Waals surface area contributed by atoms with Crippen LogP contribution in [0.3, 0.4) is 0 Å². The van der Waals surface area contributed by atoms with E-state index in [4.69, 9.17) is 15.1 Å². The Morgan fingerprint density at radius 3 is 2.69 bits per heavy atom. The van der Waals surface area contributed by atoms with E-state index in [0.717, 1.165) is 0 Å². The first-order valence-corrected chi connectivity index (χ1v) is 3.70. The summed E-state index contributed by atoms with van der Waals surface area (Å²) in [6.07, 6.45) is 0. The van der Waals surface area contributed by atoms with Crippen LogP contribution in [0.2, 0.25) is 0 Å².